The van der Waals surface area contributed by atoms with Crippen LogP contribution in [0.4, 0.5) is 0 Å². The first-order valence-electron chi connectivity index (χ1n) is 6.90. The van der Waals surface area contributed by atoms with Gasteiger partial charge in [-0.25, -0.2) is 0 Å². The van der Waals surface area contributed by atoms with Crippen LogP contribution in [0, 0.1) is 5.92 Å². The highest BCUT2D eigenvalue weighted by Crippen LogP contribution is 2.05. The normalized spacial score (nSPS) is 11.8. The van der Waals surface area contributed by atoms with Gasteiger partial charge in [-0.15, -0.1) is 0 Å². The highest BCUT2D eigenvalue weighted by atomic mass is 16.1. The molecule has 4 nitrogen and oxygen atoms in total. The molecule has 4 heteroatoms. The van der Waals surface area contributed by atoms with Crippen molar-refractivity contribution in [3.05, 3.63) is 24.0 Å². The molecule has 0 atom stereocenters. The first kappa shape index (κ1) is 15.9. The van der Waals surface area contributed by atoms with Crippen molar-refractivity contribution in [2.75, 3.05) is 40.3 Å². The van der Waals surface area contributed by atoms with Crippen molar-refractivity contribution in [2.45, 2.75) is 13.8 Å². The van der Waals surface area contributed by atoms with Crippen molar-refractivity contribution >= 4 is 5.78 Å². The number of hydrogen-bond acceptors (Lipinski definition) is 3. The van der Waals surface area contributed by atoms with Crippen molar-refractivity contribution in [3.63, 3.8) is 0 Å². The second-order valence-corrected chi connectivity index (χ2v) is 5.92. The molecular formula is C15H27N3O. The highest BCUT2D eigenvalue weighted by Gasteiger charge is 2.14. The molecule has 0 aromatic carbocycles. The number of aryl methyl sites for hydroxylation is 1. The van der Waals surface area contributed by atoms with Crippen LogP contribution in [0.3, 0.4) is 0 Å². The largest absolute Gasteiger partial charge is 0.357 e. The van der Waals surface area contributed by atoms with E-state index in [1.54, 1.807) is 0 Å². The maximum atomic E-state index is 12.2. The number of rotatable bonds is 8. The van der Waals surface area contributed by atoms with E-state index in [9.17, 15) is 4.79 Å². The maximum Gasteiger partial charge on any atom is 0.178 e. The summed E-state index contributed by atoms with van der Waals surface area (Å²) in [7, 11) is 6.06. The summed E-state index contributed by atoms with van der Waals surface area (Å²) in [6.07, 6.45) is 3.81. The molecule has 19 heavy (non-hydrogen) atoms. The van der Waals surface area contributed by atoms with Crippen molar-refractivity contribution in [3.8, 4) is 0 Å². The van der Waals surface area contributed by atoms with Gasteiger partial charge in [-0.1, -0.05) is 13.8 Å². The van der Waals surface area contributed by atoms with E-state index in [-0.39, 0.29) is 5.78 Å². The Morgan fingerprint density at radius 3 is 2.47 bits per heavy atom. The molecule has 0 saturated heterocycles. The van der Waals surface area contributed by atoms with E-state index in [1.165, 1.54) is 0 Å². The van der Waals surface area contributed by atoms with Gasteiger partial charge in [0.15, 0.2) is 5.78 Å². The van der Waals surface area contributed by atoms with Crippen LogP contribution in [0.25, 0.3) is 0 Å². The van der Waals surface area contributed by atoms with Crippen LogP contribution in [0.5, 0.6) is 0 Å². The van der Waals surface area contributed by atoms with Gasteiger partial charge in [-0.3, -0.25) is 9.69 Å². The fraction of sp³-hybridized carbons (Fsp3) is 0.667. The number of aromatic nitrogens is 1. The van der Waals surface area contributed by atoms with Crippen LogP contribution in [0.2, 0.25) is 0 Å². The number of ketones is 1. The summed E-state index contributed by atoms with van der Waals surface area (Å²) >= 11 is 0. The van der Waals surface area contributed by atoms with Gasteiger partial charge >= 0.3 is 0 Å². The minimum Gasteiger partial charge on any atom is -0.357 e. The summed E-state index contributed by atoms with van der Waals surface area (Å²) in [5, 5.41) is 0. The minimum absolute atomic E-state index is 0.208. The molecule has 0 aliphatic heterocycles. The number of Topliss-reactive ketones (excluding diaryl/α,β-unsaturated/α-hetero) is 1. The van der Waals surface area contributed by atoms with Crippen LogP contribution in [0.15, 0.2) is 18.5 Å². The second kappa shape index (κ2) is 7.46. The Kier molecular flexibility index (Phi) is 6.25. The monoisotopic (exact) mass is 265 g/mol. The zero-order valence-electron chi connectivity index (χ0n) is 12.9. The lowest BCUT2D eigenvalue weighted by molar-refractivity contribution is 0.0916. The molecule has 1 aromatic rings. The van der Waals surface area contributed by atoms with E-state index in [1.807, 2.05) is 30.1 Å². The molecule has 0 fully saturated rings. The Morgan fingerprint density at radius 1 is 1.32 bits per heavy atom. The summed E-state index contributed by atoms with van der Waals surface area (Å²) in [5.41, 5.74) is 0.807. The molecule has 1 aromatic heterocycles. The van der Waals surface area contributed by atoms with E-state index in [2.05, 4.69) is 37.7 Å². The number of carbonyl (C=O) groups is 1. The van der Waals surface area contributed by atoms with Crippen molar-refractivity contribution in [1.82, 2.24) is 14.4 Å². The third-order valence-electron chi connectivity index (χ3n) is 3.01. The molecule has 0 unspecified atom stereocenters. The molecule has 0 saturated carbocycles. The molecule has 108 valence electrons. The quantitative estimate of drug-likeness (QED) is 0.670. The molecular weight excluding hydrogens is 238 g/mol. The first-order valence-corrected chi connectivity index (χ1v) is 6.90. The molecule has 0 N–H and O–H groups in total. The summed E-state index contributed by atoms with van der Waals surface area (Å²) < 4.78 is 1.92. The van der Waals surface area contributed by atoms with Crippen LogP contribution in [-0.4, -0.2) is 60.4 Å². The molecule has 0 aliphatic carbocycles. The third kappa shape index (κ3) is 6.03. The molecule has 0 spiro atoms. The summed E-state index contributed by atoms with van der Waals surface area (Å²) in [6, 6.07) is 1.89. The van der Waals surface area contributed by atoms with E-state index < -0.39 is 0 Å². The predicted octanol–water partition coefficient (Wildman–Crippen LogP) is 1.73. The Morgan fingerprint density at radius 2 is 2.00 bits per heavy atom. The van der Waals surface area contributed by atoms with Crippen LogP contribution in [0.1, 0.15) is 24.2 Å². The smallest absolute Gasteiger partial charge is 0.178 e. The van der Waals surface area contributed by atoms with Gasteiger partial charge in [0.2, 0.25) is 0 Å². The second-order valence-electron chi connectivity index (χ2n) is 5.92. The van der Waals surface area contributed by atoms with Gasteiger partial charge in [0.25, 0.3) is 0 Å². The predicted molar refractivity (Wildman–Crippen MR) is 79.6 cm³/mol. The minimum atomic E-state index is 0.208. The molecule has 0 bridgehead atoms. The Hall–Kier alpha value is -1.13. The standard InChI is InChI=1S/C15H27N3O/c1-13(2)10-18(9-8-16(3)4)12-15(19)14-6-7-17(5)11-14/h6-7,11,13H,8-10,12H2,1-5H3. The lowest BCUT2D eigenvalue weighted by Crippen LogP contribution is -2.37. The zero-order chi connectivity index (χ0) is 14.4. The number of hydrogen-bond donors (Lipinski definition) is 0. The fourth-order valence-electron chi connectivity index (χ4n) is 2.06. The lowest BCUT2D eigenvalue weighted by atomic mass is 10.1. The summed E-state index contributed by atoms with van der Waals surface area (Å²) in [4.78, 5) is 16.6. The lowest BCUT2D eigenvalue weighted by Gasteiger charge is -2.25. The average molecular weight is 265 g/mol. The number of carbonyl (C=O) groups excluding carboxylic acids is 1. The van der Waals surface area contributed by atoms with Crippen LogP contribution in [-0.2, 0) is 7.05 Å². The highest BCUT2D eigenvalue weighted by molar-refractivity contribution is 5.97. The topological polar surface area (TPSA) is 28.5 Å². The zero-order valence-corrected chi connectivity index (χ0v) is 12.9. The summed E-state index contributed by atoms with van der Waals surface area (Å²) in [6.45, 7) is 7.77. The molecule has 1 rings (SSSR count). The number of nitrogens with zero attached hydrogens (tertiary/aromatic N) is 3. The molecule has 0 amide bonds. The Balaban J connectivity index is 2.57. The Labute approximate surface area is 117 Å². The van der Waals surface area contributed by atoms with Crippen molar-refractivity contribution in [2.24, 2.45) is 13.0 Å². The summed E-state index contributed by atoms with van der Waals surface area (Å²) in [5.74, 6) is 0.783. The average Bonchev–Trinajstić information content (AvgIpc) is 2.72. The molecule has 0 aliphatic rings. The maximum absolute atomic E-state index is 12.2. The first-order chi connectivity index (χ1) is 8.88. The van der Waals surface area contributed by atoms with Crippen molar-refractivity contribution in [1.29, 1.82) is 0 Å². The number of likely N-dealkylation sites (N-methyl/N-ethyl adjacent to an activating group) is 1. The van der Waals surface area contributed by atoms with E-state index in [0.717, 1.165) is 25.2 Å². The fourth-order valence-corrected chi connectivity index (χ4v) is 2.06. The van der Waals surface area contributed by atoms with Gasteiger partial charge in [0.05, 0.1) is 6.54 Å². The molecule has 1 heterocycles. The van der Waals surface area contributed by atoms with Gasteiger partial charge in [-0.05, 0) is 26.1 Å². The van der Waals surface area contributed by atoms with Gasteiger partial charge in [-0.2, -0.15) is 0 Å². The van der Waals surface area contributed by atoms with Gasteiger partial charge < -0.3 is 9.47 Å². The van der Waals surface area contributed by atoms with Crippen molar-refractivity contribution < 1.29 is 4.79 Å². The molecule has 0 radical (unpaired) electrons. The van der Waals surface area contributed by atoms with Gasteiger partial charge in [0, 0.05) is 44.6 Å². The van der Waals surface area contributed by atoms with Gasteiger partial charge in [0.1, 0.15) is 0 Å². The van der Waals surface area contributed by atoms with E-state index in [4.69, 9.17) is 0 Å². The van der Waals surface area contributed by atoms with Crippen LogP contribution < -0.4 is 0 Å². The van der Waals surface area contributed by atoms with E-state index >= 15 is 0 Å². The van der Waals surface area contributed by atoms with Crippen LogP contribution >= 0.6 is 0 Å². The Bertz CT molecular complexity index is 396. The third-order valence-corrected chi connectivity index (χ3v) is 3.01. The van der Waals surface area contributed by atoms with E-state index in [0.29, 0.717) is 12.5 Å². The SMILES string of the molecule is CC(C)CN(CCN(C)C)CC(=O)c1ccn(C)c1.